The highest BCUT2D eigenvalue weighted by Crippen LogP contribution is 2.19. The smallest absolute Gasteiger partial charge is 0.134 e. The highest BCUT2D eigenvalue weighted by atomic mass is 16.5. The van der Waals surface area contributed by atoms with Gasteiger partial charge in [-0.05, 0) is 25.7 Å². The number of fused-ring (bicyclic) bond motifs is 1. The quantitative estimate of drug-likeness (QED) is 0.926. The fourth-order valence-electron chi connectivity index (χ4n) is 3.36. The maximum atomic E-state index is 5.66. The largest absolute Gasteiger partial charge is 0.376 e. The molecular weight excluding hydrogens is 290 g/mol. The maximum Gasteiger partial charge on any atom is 0.134 e. The Morgan fingerprint density at radius 3 is 1.83 bits per heavy atom. The van der Waals surface area contributed by atoms with Gasteiger partial charge in [-0.3, -0.25) is 9.98 Å². The molecule has 3 heterocycles. The van der Waals surface area contributed by atoms with Gasteiger partial charge in [0.15, 0.2) is 0 Å². The molecule has 5 heteroatoms. The fraction of sp³-hybridized carbons (Fsp3) is 0.556. The van der Waals surface area contributed by atoms with E-state index in [0.29, 0.717) is 0 Å². The molecule has 1 N–H and O–H groups in total. The van der Waals surface area contributed by atoms with Crippen molar-refractivity contribution in [2.24, 2.45) is 9.98 Å². The predicted octanol–water partition coefficient (Wildman–Crippen LogP) is 2.14. The molecule has 0 bridgehead atoms. The van der Waals surface area contributed by atoms with E-state index in [9.17, 15) is 0 Å². The Morgan fingerprint density at radius 2 is 1.39 bits per heavy atom. The molecule has 4 rings (SSSR count). The van der Waals surface area contributed by atoms with Gasteiger partial charge in [-0.25, -0.2) is 0 Å². The average Bonchev–Trinajstić information content (AvgIpc) is 3.32. The Bertz CT molecular complexity index is 561. The van der Waals surface area contributed by atoms with Gasteiger partial charge in [0.25, 0.3) is 0 Å². The van der Waals surface area contributed by atoms with Gasteiger partial charge in [0.1, 0.15) is 11.7 Å². The van der Waals surface area contributed by atoms with Gasteiger partial charge < -0.3 is 14.8 Å². The molecule has 1 aromatic rings. The van der Waals surface area contributed by atoms with Crippen molar-refractivity contribution in [2.75, 3.05) is 26.3 Å². The summed E-state index contributed by atoms with van der Waals surface area (Å²) in [6.07, 6.45) is 5.05. The molecule has 3 aliphatic heterocycles. The van der Waals surface area contributed by atoms with Crippen molar-refractivity contribution in [2.45, 2.75) is 37.9 Å². The van der Waals surface area contributed by atoms with Crippen LogP contribution in [0.3, 0.4) is 0 Å². The van der Waals surface area contributed by atoms with E-state index in [1.54, 1.807) is 0 Å². The third-order valence-corrected chi connectivity index (χ3v) is 4.63. The Balaban J connectivity index is 1.51. The van der Waals surface area contributed by atoms with E-state index >= 15 is 0 Å². The molecule has 0 saturated carbocycles. The van der Waals surface area contributed by atoms with Crippen LogP contribution in [-0.4, -0.2) is 50.2 Å². The summed E-state index contributed by atoms with van der Waals surface area (Å²) in [6, 6.07) is 8.30. The maximum absolute atomic E-state index is 5.66. The molecule has 0 radical (unpaired) electrons. The van der Waals surface area contributed by atoms with E-state index in [2.05, 4.69) is 17.4 Å². The molecule has 23 heavy (non-hydrogen) atoms. The van der Waals surface area contributed by atoms with E-state index in [1.165, 1.54) is 0 Å². The first-order chi connectivity index (χ1) is 11.4. The predicted molar refractivity (Wildman–Crippen MR) is 90.3 cm³/mol. The van der Waals surface area contributed by atoms with Gasteiger partial charge in [-0.2, -0.15) is 0 Å². The minimum Gasteiger partial charge on any atom is -0.376 e. The molecule has 122 valence electrons. The number of ether oxygens (including phenoxy) is 2. The van der Waals surface area contributed by atoms with Crippen LogP contribution < -0.4 is 5.32 Å². The molecule has 5 nitrogen and oxygen atoms in total. The summed E-state index contributed by atoms with van der Waals surface area (Å²) in [4.78, 5) is 9.49. The number of aliphatic imine (C=N–C) groups is 2. The van der Waals surface area contributed by atoms with Crippen molar-refractivity contribution in [1.29, 1.82) is 0 Å². The lowest BCUT2D eigenvalue weighted by molar-refractivity contribution is 0.118. The van der Waals surface area contributed by atoms with E-state index in [4.69, 9.17) is 19.5 Å². The van der Waals surface area contributed by atoms with Crippen molar-refractivity contribution in [3.05, 3.63) is 35.4 Å². The number of rotatable bonds is 4. The minimum absolute atomic E-state index is 0.268. The fourth-order valence-corrected chi connectivity index (χ4v) is 3.36. The molecule has 2 saturated heterocycles. The van der Waals surface area contributed by atoms with Gasteiger partial charge in [-0.15, -0.1) is 0 Å². The van der Waals surface area contributed by atoms with E-state index in [1.807, 2.05) is 12.1 Å². The van der Waals surface area contributed by atoms with Crippen LogP contribution in [0.1, 0.15) is 36.8 Å². The highest BCUT2D eigenvalue weighted by Gasteiger charge is 2.24. The summed E-state index contributed by atoms with van der Waals surface area (Å²) in [5.41, 5.74) is 2.27. The lowest BCUT2D eigenvalue weighted by atomic mass is 10.1. The summed E-state index contributed by atoms with van der Waals surface area (Å²) in [7, 11) is 0. The molecular formula is C18H23N3O2. The molecule has 2 atom stereocenters. The zero-order valence-corrected chi connectivity index (χ0v) is 13.3. The Labute approximate surface area is 136 Å². The van der Waals surface area contributed by atoms with Gasteiger partial charge in [0.2, 0.25) is 0 Å². The van der Waals surface area contributed by atoms with Crippen molar-refractivity contribution in [1.82, 2.24) is 5.32 Å². The van der Waals surface area contributed by atoms with Crippen LogP contribution in [0.2, 0.25) is 0 Å². The molecule has 1 aromatic carbocycles. The summed E-state index contributed by atoms with van der Waals surface area (Å²) >= 11 is 0. The zero-order chi connectivity index (χ0) is 15.5. The first-order valence-electron chi connectivity index (χ1n) is 8.59. The number of hydrogen-bond donors (Lipinski definition) is 1. The van der Waals surface area contributed by atoms with Crippen LogP contribution in [0.4, 0.5) is 0 Å². The van der Waals surface area contributed by atoms with Crippen molar-refractivity contribution < 1.29 is 9.47 Å². The normalized spacial score (nSPS) is 30.1. The summed E-state index contributed by atoms with van der Waals surface area (Å²) < 4.78 is 11.3. The highest BCUT2D eigenvalue weighted by molar-refractivity contribution is 6.25. The van der Waals surface area contributed by atoms with Crippen LogP contribution in [0, 0.1) is 0 Å². The molecule has 0 amide bonds. The van der Waals surface area contributed by atoms with Gasteiger partial charge in [0.05, 0.1) is 25.3 Å². The monoisotopic (exact) mass is 313 g/mol. The van der Waals surface area contributed by atoms with Gasteiger partial charge in [0, 0.05) is 24.3 Å². The summed E-state index contributed by atoms with van der Waals surface area (Å²) in [6.45, 7) is 3.17. The SMILES string of the molecule is c1ccc2c(c1)C(=NC[C@@H]1CCCO1)NC2=NC[C@@H]1CCCO1. The molecule has 0 spiro atoms. The second kappa shape index (κ2) is 6.81. The number of hydrogen-bond acceptors (Lipinski definition) is 4. The van der Waals surface area contributed by atoms with Crippen LogP contribution in [0.5, 0.6) is 0 Å². The standard InChI is InChI=1S/C18H23N3O2/c1-2-8-16-15(7-1)17(19-11-13-5-3-9-22-13)21-18(16)20-12-14-6-4-10-23-14/h1-2,7-8,13-14H,3-6,9-12H2,(H,19,20,21)/t13-,14-/m0/s1. The van der Waals surface area contributed by atoms with Crippen LogP contribution in [0.25, 0.3) is 0 Å². The number of nitrogens with zero attached hydrogens (tertiary/aromatic N) is 2. The average molecular weight is 313 g/mol. The first-order valence-corrected chi connectivity index (χ1v) is 8.59. The topological polar surface area (TPSA) is 55.2 Å². The third kappa shape index (κ3) is 3.31. The third-order valence-electron chi connectivity index (χ3n) is 4.63. The Morgan fingerprint density at radius 1 is 0.870 bits per heavy atom. The second-order valence-corrected chi connectivity index (χ2v) is 6.32. The Hall–Kier alpha value is -1.72. The van der Waals surface area contributed by atoms with Crippen molar-refractivity contribution in [3.8, 4) is 0 Å². The van der Waals surface area contributed by atoms with Crippen molar-refractivity contribution >= 4 is 11.7 Å². The lowest BCUT2D eigenvalue weighted by Gasteiger charge is -2.07. The second-order valence-electron chi connectivity index (χ2n) is 6.32. The summed E-state index contributed by atoms with van der Waals surface area (Å²) in [5.74, 6) is 1.84. The van der Waals surface area contributed by atoms with E-state index in [0.717, 1.165) is 74.8 Å². The van der Waals surface area contributed by atoms with Crippen LogP contribution in [-0.2, 0) is 9.47 Å². The number of benzene rings is 1. The van der Waals surface area contributed by atoms with E-state index < -0.39 is 0 Å². The minimum atomic E-state index is 0.268. The van der Waals surface area contributed by atoms with E-state index in [-0.39, 0.29) is 12.2 Å². The van der Waals surface area contributed by atoms with Crippen molar-refractivity contribution in [3.63, 3.8) is 0 Å². The van der Waals surface area contributed by atoms with Gasteiger partial charge >= 0.3 is 0 Å². The Kier molecular flexibility index (Phi) is 4.39. The first kappa shape index (κ1) is 14.8. The molecule has 2 fully saturated rings. The molecule has 3 aliphatic rings. The summed E-state index contributed by atoms with van der Waals surface area (Å²) in [5, 5.41) is 3.39. The molecule has 0 unspecified atom stereocenters. The molecule has 0 aromatic heterocycles. The zero-order valence-electron chi connectivity index (χ0n) is 13.3. The van der Waals surface area contributed by atoms with Crippen LogP contribution >= 0.6 is 0 Å². The van der Waals surface area contributed by atoms with Crippen LogP contribution in [0.15, 0.2) is 34.3 Å². The number of amidine groups is 2. The molecule has 0 aliphatic carbocycles. The lowest BCUT2D eigenvalue weighted by Crippen LogP contribution is -2.25. The number of nitrogens with one attached hydrogen (secondary N) is 1. The van der Waals surface area contributed by atoms with Gasteiger partial charge in [-0.1, -0.05) is 24.3 Å².